The van der Waals surface area contributed by atoms with Gasteiger partial charge in [-0.15, -0.1) is 0 Å². The van der Waals surface area contributed by atoms with Crippen molar-refractivity contribution in [3.8, 4) is 0 Å². The Bertz CT molecular complexity index is 94.3. The summed E-state index contributed by atoms with van der Waals surface area (Å²) in [4.78, 5) is 10.5. The molecule has 0 aliphatic carbocycles. The highest BCUT2D eigenvalue weighted by Gasteiger charge is 2.26. The van der Waals surface area contributed by atoms with Crippen molar-refractivity contribution in [2.24, 2.45) is 0 Å². The van der Waals surface area contributed by atoms with Crippen LogP contribution in [0.15, 0.2) is 0 Å². The van der Waals surface area contributed by atoms with Gasteiger partial charge in [0.2, 0.25) is 0 Å². The first-order chi connectivity index (χ1) is 4.97. The third kappa shape index (κ3) is 1.15. The second kappa shape index (κ2) is 2.84. The summed E-state index contributed by atoms with van der Waals surface area (Å²) >= 11 is 0. The van der Waals surface area contributed by atoms with Crippen molar-refractivity contribution >= 4 is 0 Å². The van der Waals surface area contributed by atoms with Gasteiger partial charge >= 0.3 is 0 Å². The predicted molar refractivity (Wildman–Crippen MR) is 34.8 cm³/mol. The lowest BCUT2D eigenvalue weighted by Crippen LogP contribution is -2.31. The van der Waals surface area contributed by atoms with Gasteiger partial charge in [-0.2, -0.15) is 5.06 Å². The molecule has 1 atom stereocenters. The van der Waals surface area contributed by atoms with E-state index < -0.39 is 0 Å². The van der Waals surface area contributed by atoms with Crippen LogP contribution in [0.5, 0.6) is 0 Å². The molecule has 0 saturated carbocycles. The van der Waals surface area contributed by atoms with Gasteiger partial charge in [-0.25, -0.2) is 5.48 Å². The smallest absolute Gasteiger partial charge is 0.155 e. The zero-order valence-corrected chi connectivity index (χ0v) is 5.88. The lowest BCUT2D eigenvalue weighted by molar-refractivity contribution is -0.219. The summed E-state index contributed by atoms with van der Waals surface area (Å²) < 4.78 is 0. The molecule has 0 aromatic rings. The fourth-order valence-electron chi connectivity index (χ4n) is 1.29. The number of nitrogens with zero attached hydrogens (tertiary/aromatic N) is 1. The summed E-state index contributed by atoms with van der Waals surface area (Å²) in [6.07, 6.45) is 2.31. The molecule has 0 amide bonds. The Hall–Kier alpha value is -0.160. The molecule has 0 spiro atoms. The molecule has 2 heterocycles. The van der Waals surface area contributed by atoms with Crippen molar-refractivity contribution in [2.45, 2.75) is 19.1 Å². The number of nitrogens with one attached hydrogen (secondary N) is 1. The molecule has 2 aliphatic rings. The molecule has 2 fully saturated rings. The maximum absolute atomic E-state index is 5.31. The highest BCUT2D eigenvalue weighted by molar-refractivity contribution is 4.63. The lowest BCUT2D eigenvalue weighted by atomic mass is 10.4. The topological polar surface area (TPSA) is 33.7 Å². The molecule has 58 valence electrons. The van der Waals surface area contributed by atoms with Crippen molar-refractivity contribution < 1.29 is 9.68 Å². The fourth-order valence-corrected chi connectivity index (χ4v) is 1.29. The van der Waals surface area contributed by atoms with E-state index >= 15 is 0 Å². The summed E-state index contributed by atoms with van der Waals surface area (Å²) in [5.74, 6) is 0. The summed E-state index contributed by atoms with van der Waals surface area (Å²) in [5, 5.41) is 1.92. The number of hydroxylamine groups is 3. The number of rotatable bonds is 1. The Balaban J connectivity index is 1.85. The Morgan fingerprint density at radius 2 is 2.50 bits per heavy atom. The van der Waals surface area contributed by atoms with E-state index in [0.717, 1.165) is 32.5 Å². The van der Waals surface area contributed by atoms with Crippen LogP contribution in [-0.2, 0) is 9.68 Å². The summed E-state index contributed by atoms with van der Waals surface area (Å²) in [7, 11) is 0. The van der Waals surface area contributed by atoms with E-state index in [9.17, 15) is 0 Å². The second-order valence-electron chi connectivity index (χ2n) is 2.58. The summed E-state index contributed by atoms with van der Waals surface area (Å²) in [5.41, 5.74) is 2.83. The summed E-state index contributed by atoms with van der Waals surface area (Å²) in [6, 6.07) is 0. The first-order valence-corrected chi connectivity index (χ1v) is 3.75. The van der Waals surface area contributed by atoms with Crippen molar-refractivity contribution in [2.75, 3.05) is 19.7 Å². The van der Waals surface area contributed by atoms with Crippen LogP contribution in [0.2, 0.25) is 0 Å². The second-order valence-corrected chi connectivity index (χ2v) is 2.58. The monoisotopic (exact) mass is 144 g/mol. The van der Waals surface area contributed by atoms with Crippen LogP contribution in [-0.4, -0.2) is 31.0 Å². The molecule has 0 aromatic heterocycles. The molecular weight excluding hydrogens is 132 g/mol. The number of hydrogen-bond donors (Lipinski definition) is 1. The van der Waals surface area contributed by atoms with Gasteiger partial charge in [-0.3, -0.25) is 9.68 Å². The highest BCUT2D eigenvalue weighted by Crippen LogP contribution is 2.14. The molecular formula is C6H12N2O2. The third-order valence-electron chi connectivity index (χ3n) is 1.81. The largest absolute Gasteiger partial charge is 0.296 e. The molecule has 2 aliphatic heterocycles. The van der Waals surface area contributed by atoms with Gasteiger partial charge in [0, 0.05) is 19.5 Å². The van der Waals surface area contributed by atoms with Gasteiger partial charge < -0.3 is 0 Å². The van der Waals surface area contributed by atoms with Crippen LogP contribution in [0.4, 0.5) is 0 Å². The summed E-state index contributed by atoms with van der Waals surface area (Å²) in [6.45, 7) is 2.79. The van der Waals surface area contributed by atoms with E-state index in [1.165, 1.54) is 0 Å². The zero-order chi connectivity index (χ0) is 6.81. The molecule has 4 nitrogen and oxygen atoms in total. The van der Waals surface area contributed by atoms with Crippen LogP contribution >= 0.6 is 0 Å². The van der Waals surface area contributed by atoms with Gasteiger partial charge in [0.05, 0.1) is 6.61 Å². The SMILES string of the molecule is C1CON(C2CCNO2)C1. The first kappa shape index (κ1) is 6.54. The Kier molecular flexibility index (Phi) is 1.86. The van der Waals surface area contributed by atoms with Crippen LogP contribution in [0.3, 0.4) is 0 Å². The normalized spacial score (nSPS) is 35.4. The lowest BCUT2D eigenvalue weighted by Gasteiger charge is -2.18. The van der Waals surface area contributed by atoms with Gasteiger partial charge in [0.1, 0.15) is 0 Å². The van der Waals surface area contributed by atoms with Gasteiger partial charge in [-0.05, 0) is 6.42 Å². The minimum absolute atomic E-state index is 0.155. The van der Waals surface area contributed by atoms with E-state index in [-0.39, 0.29) is 6.23 Å². The average Bonchev–Trinajstić information content (AvgIpc) is 2.59. The van der Waals surface area contributed by atoms with Gasteiger partial charge in [-0.1, -0.05) is 0 Å². The van der Waals surface area contributed by atoms with Crippen molar-refractivity contribution in [1.29, 1.82) is 0 Å². The molecule has 1 unspecified atom stereocenters. The van der Waals surface area contributed by atoms with Crippen LogP contribution < -0.4 is 5.48 Å². The van der Waals surface area contributed by atoms with E-state index in [2.05, 4.69) is 5.48 Å². The minimum atomic E-state index is 0.155. The average molecular weight is 144 g/mol. The highest BCUT2D eigenvalue weighted by atomic mass is 16.8. The Morgan fingerprint density at radius 3 is 3.10 bits per heavy atom. The zero-order valence-electron chi connectivity index (χ0n) is 5.88. The van der Waals surface area contributed by atoms with E-state index in [1.807, 2.05) is 5.06 Å². The molecule has 0 radical (unpaired) electrons. The standard InChI is InChI=1S/C6H12N2O2/c1-4-8(9-5-1)6-2-3-7-10-6/h6-7H,1-5H2. The van der Waals surface area contributed by atoms with Gasteiger partial charge in [0.25, 0.3) is 0 Å². The molecule has 10 heavy (non-hydrogen) atoms. The maximum Gasteiger partial charge on any atom is 0.155 e. The van der Waals surface area contributed by atoms with Crippen molar-refractivity contribution in [3.05, 3.63) is 0 Å². The quantitative estimate of drug-likeness (QED) is 0.556. The molecule has 2 saturated heterocycles. The minimum Gasteiger partial charge on any atom is -0.296 e. The van der Waals surface area contributed by atoms with Crippen molar-refractivity contribution in [3.63, 3.8) is 0 Å². The first-order valence-electron chi connectivity index (χ1n) is 3.75. The fraction of sp³-hybridized carbons (Fsp3) is 1.00. The molecule has 0 aromatic carbocycles. The molecule has 0 bridgehead atoms. The van der Waals surface area contributed by atoms with E-state index in [0.29, 0.717) is 0 Å². The molecule has 2 rings (SSSR count). The Morgan fingerprint density at radius 1 is 1.50 bits per heavy atom. The molecule has 1 N–H and O–H groups in total. The number of hydrogen-bond acceptors (Lipinski definition) is 4. The van der Waals surface area contributed by atoms with Crippen molar-refractivity contribution in [1.82, 2.24) is 10.5 Å². The molecule has 4 heteroatoms. The predicted octanol–water partition coefficient (Wildman–Crippen LogP) is -0.125. The van der Waals surface area contributed by atoms with Gasteiger partial charge in [0.15, 0.2) is 6.23 Å². The maximum atomic E-state index is 5.31. The van der Waals surface area contributed by atoms with Crippen LogP contribution in [0.25, 0.3) is 0 Å². The van der Waals surface area contributed by atoms with Crippen LogP contribution in [0.1, 0.15) is 12.8 Å². The van der Waals surface area contributed by atoms with E-state index in [1.54, 1.807) is 0 Å². The third-order valence-corrected chi connectivity index (χ3v) is 1.81. The van der Waals surface area contributed by atoms with E-state index in [4.69, 9.17) is 9.68 Å². The van der Waals surface area contributed by atoms with Crippen LogP contribution in [0, 0.1) is 0 Å². The Labute approximate surface area is 60.0 Å².